The van der Waals surface area contributed by atoms with Crippen LogP contribution in [0.4, 0.5) is 5.69 Å². The molecule has 0 aliphatic carbocycles. The van der Waals surface area contributed by atoms with Gasteiger partial charge in [-0.1, -0.05) is 18.2 Å². The van der Waals surface area contributed by atoms with Crippen molar-refractivity contribution in [1.82, 2.24) is 0 Å². The van der Waals surface area contributed by atoms with E-state index in [-0.39, 0.29) is 21.3 Å². The lowest BCUT2D eigenvalue weighted by Crippen LogP contribution is -2.02. The van der Waals surface area contributed by atoms with Gasteiger partial charge < -0.3 is 0 Å². The Balaban J connectivity index is 2.30. The molecule has 0 radical (unpaired) electrons. The van der Waals surface area contributed by atoms with Crippen LogP contribution in [0.1, 0.15) is 0 Å². The molecule has 0 atom stereocenters. The van der Waals surface area contributed by atoms with Gasteiger partial charge in [-0.15, -0.1) is 8.36 Å². The van der Waals surface area contributed by atoms with Crippen LogP contribution in [0.3, 0.4) is 0 Å². The Hall–Kier alpha value is -0.780. The second-order valence-corrected chi connectivity index (χ2v) is 3.93. The van der Waals surface area contributed by atoms with E-state index in [0.717, 1.165) is 0 Å². The molecule has 1 aromatic rings. The van der Waals surface area contributed by atoms with Crippen molar-refractivity contribution in [3.8, 4) is 0 Å². The van der Waals surface area contributed by atoms with Gasteiger partial charge >= 0.3 is 0 Å². The Morgan fingerprint density at radius 1 is 1.18 bits per heavy atom. The van der Waals surface area contributed by atoms with Crippen LogP contribution >= 0.6 is 21.3 Å². The van der Waals surface area contributed by atoms with Crippen molar-refractivity contribution in [3.63, 3.8) is 0 Å². The van der Waals surface area contributed by atoms with Crippen LogP contribution in [0.25, 0.3) is 0 Å². The molecule has 2 rings (SSSR count). The van der Waals surface area contributed by atoms with Crippen LogP contribution in [-0.2, 0) is 0 Å². The summed E-state index contributed by atoms with van der Waals surface area (Å²) in [6, 6.07) is 10.2. The van der Waals surface area contributed by atoms with E-state index in [0.29, 0.717) is 0 Å². The lowest BCUT2D eigenvalue weighted by molar-refractivity contribution is 1.32. The Bertz CT molecular complexity index is 282. The Kier molecular flexibility index (Phi) is 1.93. The summed E-state index contributed by atoms with van der Waals surface area (Å²) < 4.78 is 6.04. The van der Waals surface area contributed by atoms with Crippen LogP contribution in [-0.4, -0.2) is 6.34 Å². The van der Waals surface area contributed by atoms with E-state index >= 15 is 0 Å². The highest BCUT2D eigenvalue weighted by Crippen LogP contribution is 2.23. The fraction of sp³-hybridized carbons (Fsp3) is 0. The number of halogens is 1. The average Bonchev–Trinajstić information content (AvgIpc) is 2.58. The summed E-state index contributed by atoms with van der Waals surface area (Å²) in [5.41, 5.74) is 1.19. The van der Waals surface area contributed by atoms with Gasteiger partial charge in [-0.2, -0.15) is 0 Å². The topological polar surface area (TPSA) is 28.0 Å². The van der Waals surface area contributed by atoms with Gasteiger partial charge in [-0.3, -0.25) is 3.11 Å². The molecule has 1 heterocycles. The van der Waals surface area contributed by atoms with Gasteiger partial charge in [-0.25, -0.2) is 0 Å². The quantitative estimate of drug-likeness (QED) is 0.562. The highest BCUT2D eigenvalue weighted by atomic mass is 127. The maximum absolute atomic E-state index is 3.95. The third-order valence-electron chi connectivity index (χ3n) is 1.31. The number of benzene rings is 1. The molecule has 1 aliphatic heterocycles. The highest BCUT2D eigenvalue weighted by Gasteiger charge is 2.02. The van der Waals surface area contributed by atoms with E-state index in [1.54, 1.807) is 6.34 Å². The maximum Gasteiger partial charge on any atom is 0.151 e. The van der Waals surface area contributed by atoms with Crippen molar-refractivity contribution < 1.29 is 0 Å². The van der Waals surface area contributed by atoms with Crippen molar-refractivity contribution in [2.45, 2.75) is 0 Å². The van der Waals surface area contributed by atoms with Crippen molar-refractivity contribution in [2.75, 3.05) is 3.11 Å². The van der Waals surface area contributed by atoms with Gasteiger partial charge in [0.05, 0.1) is 5.69 Å². The number of hydrogen-bond acceptors (Lipinski definition) is 3. The van der Waals surface area contributed by atoms with Gasteiger partial charge in [0.1, 0.15) is 6.34 Å². The molecule has 4 heteroatoms. The molecule has 1 aliphatic rings. The minimum atomic E-state index is -0.266. The van der Waals surface area contributed by atoms with Gasteiger partial charge in [0, 0.05) is 0 Å². The van der Waals surface area contributed by atoms with E-state index in [2.05, 4.69) is 23.6 Å². The third-order valence-corrected chi connectivity index (χ3v) is 3.03. The smallest absolute Gasteiger partial charge is 0.151 e. The zero-order chi connectivity index (χ0) is 7.52. The van der Waals surface area contributed by atoms with Crippen LogP contribution in [0.5, 0.6) is 0 Å². The van der Waals surface area contributed by atoms with Crippen molar-refractivity contribution in [1.29, 1.82) is 0 Å². The number of anilines is 1. The Morgan fingerprint density at radius 3 is 2.64 bits per heavy atom. The summed E-state index contributed by atoms with van der Waals surface area (Å²) in [7, 11) is 0. The second-order valence-electron chi connectivity index (χ2n) is 2.03. The molecule has 0 aromatic heterocycles. The normalized spacial score (nSPS) is 15.1. The standard InChI is InChI=1S/C7H6IN3/c1-2-4-7(5-3-1)11-6-9-10-8-11/h1-6H. The van der Waals surface area contributed by atoms with E-state index in [4.69, 9.17) is 0 Å². The summed E-state index contributed by atoms with van der Waals surface area (Å²) >= 11 is -0.266. The second kappa shape index (κ2) is 3.08. The molecule has 11 heavy (non-hydrogen) atoms. The van der Waals surface area contributed by atoms with Crippen LogP contribution < -0.4 is 3.11 Å². The molecule has 0 saturated heterocycles. The SMILES string of the molecule is C1=NN=IN1c1ccccc1. The summed E-state index contributed by atoms with van der Waals surface area (Å²) in [4.78, 5) is 0. The summed E-state index contributed by atoms with van der Waals surface area (Å²) in [5.74, 6) is 0. The van der Waals surface area contributed by atoms with Gasteiger partial charge in [-0.05, 0) is 12.1 Å². The molecule has 0 spiro atoms. The van der Waals surface area contributed by atoms with Crippen molar-refractivity contribution in [2.24, 2.45) is 8.36 Å². The van der Waals surface area contributed by atoms with Crippen molar-refractivity contribution in [3.05, 3.63) is 30.3 Å². The molecule has 0 bridgehead atoms. The largest absolute Gasteiger partial charge is 0.261 e. The van der Waals surface area contributed by atoms with E-state index in [1.165, 1.54) is 5.69 Å². The predicted molar refractivity (Wildman–Crippen MR) is 53.9 cm³/mol. The van der Waals surface area contributed by atoms with Gasteiger partial charge in [0.2, 0.25) is 0 Å². The lowest BCUT2D eigenvalue weighted by atomic mass is 10.3. The number of nitrogens with zero attached hydrogens (tertiary/aromatic N) is 3. The molecule has 0 unspecified atom stereocenters. The molecule has 1 aromatic carbocycles. The fourth-order valence-corrected chi connectivity index (χ4v) is 2.05. The first-order chi connectivity index (χ1) is 5.47. The Labute approximate surface area is 75.2 Å². The van der Waals surface area contributed by atoms with Crippen LogP contribution in [0.2, 0.25) is 0 Å². The fourth-order valence-electron chi connectivity index (χ4n) is 0.821. The first kappa shape index (κ1) is 6.90. The highest BCUT2D eigenvalue weighted by molar-refractivity contribution is 14.2. The summed E-state index contributed by atoms with van der Waals surface area (Å²) in [6.45, 7) is 0. The maximum atomic E-state index is 3.95. The molecular formula is C7H6IN3. The van der Waals surface area contributed by atoms with Gasteiger partial charge in [0.15, 0.2) is 21.3 Å². The summed E-state index contributed by atoms with van der Waals surface area (Å²) in [6.07, 6.45) is 1.78. The molecule has 3 nitrogen and oxygen atoms in total. The number of para-hydroxylation sites is 1. The Morgan fingerprint density at radius 2 is 2.00 bits per heavy atom. The molecule has 0 fully saturated rings. The minimum absolute atomic E-state index is 0.266. The summed E-state index contributed by atoms with van der Waals surface area (Å²) in [5, 5.41) is 3.82. The average molecular weight is 259 g/mol. The number of hydrogen-bond donors (Lipinski definition) is 0. The van der Waals surface area contributed by atoms with Crippen LogP contribution in [0.15, 0.2) is 38.7 Å². The lowest BCUT2D eigenvalue weighted by Gasteiger charge is -2.06. The molecule has 0 amide bonds. The van der Waals surface area contributed by atoms with Gasteiger partial charge in [0.25, 0.3) is 0 Å². The monoisotopic (exact) mass is 259 g/mol. The predicted octanol–water partition coefficient (Wildman–Crippen LogP) is 2.52. The molecule has 56 valence electrons. The van der Waals surface area contributed by atoms with Crippen LogP contribution in [0, 0.1) is 0 Å². The van der Waals surface area contributed by atoms with E-state index < -0.39 is 0 Å². The molecule has 0 N–H and O–H groups in total. The molecular weight excluding hydrogens is 253 g/mol. The first-order valence-electron chi connectivity index (χ1n) is 3.19. The third kappa shape index (κ3) is 1.45. The van der Waals surface area contributed by atoms with Crippen molar-refractivity contribution >= 4 is 33.3 Å². The first-order valence-corrected chi connectivity index (χ1v) is 5.12. The zero-order valence-electron chi connectivity index (χ0n) is 5.68. The van der Waals surface area contributed by atoms with E-state index in [9.17, 15) is 0 Å². The minimum Gasteiger partial charge on any atom is -0.261 e. The molecule has 0 saturated carbocycles. The van der Waals surface area contributed by atoms with E-state index in [1.807, 2.05) is 18.2 Å². The number of rotatable bonds is 1. The zero-order valence-corrected chi connectivity index (χ0v) is 7.84.